The van der Waals surface area contributed by atoms with Gasteiger partial charge in [0.1, 0.15) is 11.5 Å². The number of aromatic nitrogens is 1. The van der Waals surface area contributed by atoms with Crippen molar-refractivity contribution in [1.82, 2.24) is 4.57 Å². The number of hydrogen-bond donors (Lipinski definition) is 0. The van der Waals surface area contributed by atoms with Crippen molar-refractivity contribution >= 4 is 56.3 Å². The minimum absolute atomic E-state index is 0.0160. The fraction of sp³-hybridized carbons (Fsp3) is 0.314. The first-order valence-corrected chi connectivity index (χ1v) is 27.8. The van der Waals surface area contributed by atoms with Crippen LogP contribution < -0.4 is 26.0 Å². The van der Waals surface area contributed by atoms with Crippen LogP contribution in [-0.2, 0) is 16.2 Å². The first-order chi connectivity index (χ1) is 35.5. The molecule has 4 aliphatic carbocycles. The standard InChI is InChI=1S/C70H69BN2O/c1-67(2,3)50-22-20-46(21-23-50)49-33-63-66-65(34-49)74-64-29-26-53(72-60-27-24-51(68(4,5)6)35-56(60)57-36-52(69(7,8)9)25-28-61(57)72)37-59(64)71(66)58-38-54(47-16-12-10-13-17-47)55(48-18-14-11-15-19-48)39-62(58)73(63)70-40-43-30-44(41-70)32-45(31-43)42-70/h10-29,33-39,43-45H,30-32,40-42H2,1-9H3. The van der Waals surface area contributed by atoms with Crippen molar-refractivity contribution < 1.29 is 4.74 Å². The van der Waals surface area contributed by atoms with E-state index in [1.54, 1.807) is 0 Å². The molecule has 0 amide bonds. The van der Waals surface area contributed by atoms with Gasteiger partial charge in [-0.1, -0.05) is 165 Å². The van der Waals surface area contributed by atoms with E-state index in [-0.39, 0.29) is 28.5 Å². The predicted molar refractivity (Wildman–Crippen MR) is 314 cm³/mol. The molecule has 2 aliphatic heterocycles. The van der Waals surface area contributed by atoms with Gasteiger partial charge in [-0.2, -0.15) is 0 Å². The van der Waals surface area contributed by atoms with Gasteiger partial charge in [-0.3, -0.25) is 0 Å². The molecule has 4 heteroatoms. The maximum atomic E-state index is 7.47. The monoisotopic (exact) mass is 965 g/mol. The quantitative estimate of drug-likeness (QED) is 0.160. The SMILES string of the molecule is CC(C)(C)c1ccc(-c2cc3c4c(c2)N(C25CC6CC(CC(C6)C2)C5)c2cc(-c5ccccc5)c(-c5ccccc5)cc2B4c2cc(-n4c5ccc(C(C)(C)C)cc5c5cc(C(C)(C)C)ccc54)ccc2O3)cc1. The highest BCUT2D eigenvalue weighted by Crippen LogP contribution is 2.61. The van der Waals surface area contributed by atoms with Gasteiger partial charge >= 0.3 is 0 Å². The number of benzene rings is 8. The molecule has 74 heavy (non-hydrogen) atoms. The predicted octanol–water partition coefficient (Wildman–Crippen LogP) is 16.7. The Morgan fingerprint density at radius 3 is 1.51 bits per heavy atom. The zero-order chi connectivity index (χ0) is 50.6. The summed E-state index contributed by atoms with van der Waals surface area (Å²) in [4.78, 5) is 2.95. The van der Waals surface area contributed by atoms with Crippen molar-refractivity contribution in [2.45, 2.75) is 123 Å². The molecule has 0 radical (unpaired) electrons. The Labute approximate surface area is 439 Å². The molecule has 3 nitrogen and oxygen atoms in total. The summed E-state index contributed by atoms with van der Waals surface area (Å²) in [5.41, 5.74) is 21.9. The minimum atomic E-state index is -0.0680. The highest BCUT2D eigenvalue weighted by atomic mass is 16.5. The number of ether oxygens (including phenoxy) is 1. The third-order valence-corrected chi connectivity index (χ3v) is 18.4. The van der Waals surface area contributed by atoms with E-state index in [9.17, 15) is 0 Å². The van der Waals surface area contributed by atoms with Gasteiger partial charge in [0.15, 0.2) is 0 Å². The van der Waals surface area contributed by atoms with E-state index in [0.29, 0.717) is 0 Å². The molecule has 0 unspecified atom stereocenters. The van der Waals surface area contributed by atoms with Crippen LogP contribution >= 0.6 is 0 Å². The maximum Gasteiger partial charge on any atom is 0.256 e. The normalized spacial score (nSPS) is 20.7. The second-order valence-electron chi connectivity index (χ2n) is 26.5. The highest BCUT2D eigenvalue weighted by Gasteiger charge is 2.57. The number of anilines is 2. The number of rotatable bonds is 5. The largest absolute Gasteiger partial charge is 0.458 e. The molecule has 0 spiro atoms. The summed E-state index contributed by atoms with van der Waals surface area (Å²) in [6.45, 7) is 20.8. The maximum absolute atomic E-state index is 7.47. The lowest BCUT2D eigenvalue weighted by Crippen LogP contribution is -2.66. The fourth-order valence-corrected chi connectivity index (χ4v) is 15.0. The Morgan fingerprint density at radius 2 is 0.973 bits per heavy atom. The topological polar surface area (TPSA) is 17.4 Å². The van der Waals surface area contributed by atoms with Crippen LogP contribution in [0.2, 0.25) is 0 Å². The van der Waals surface area contributed by atoms with Gasteiger partial charge in [-0.05, 0) is 200 Å². The van der Waals surface area contributed by atoms with Crippen LogP contribution in [0.25, 0.3) is 60.9 Å². The molecule has 368 valence electrons. The molecule has 6 aliphatic rings. The molecule has 9 aromatic rings. The van der Waals surface area contributed by atoms with Crippen molar-refractivity contribution in [1.29, 1.82) is 0 Å². The van der Waals surface area contributed by atoms with Gasteiger partial charge in [0.2, 0.25) is 0 Å². The summed E-state index contributed by atoms with van der Waals surface area (Å²) in [5, 5.41) is 2.61. The zero-order valence-corrected chi connectivity index (χ0v) is 44.9. The average molecular weight is 965 g/mol. The van der Waals surface area contributed by atoms with Gasteiger partial charge in [-0.15, -0.1) is 0 Å². The Morgan fingerprint density at radius 1 is 0.446 bits per heavy atom. The second-order valence-corrected chi connectivity index (χ2v) is 26.5. The summed E-state index contributed by atoms with van der Waals surface area (Å²) in [5.74, 6) is 4.23. The minimum Gasteiger partial charge on any atom is -0.458 e. The number of nitrogens with zero attached hydrogens (tertiary/aromatic N) is 2. The van der Waals surface area contributed by atoms with Crippen LogP contribution in [0.3, 0.4) is 0 Å². The van der Waals surface area contributed by atoms with Gasteiger partial charge in [0.05, 0.1) is 11.0 Å². The molecule has 4 bridgehead atoms. The lowest BCUT2D eigenvalue weighted by atomic mass is 9.33. The van der Waals surface area contributed by atoms with Gasteiger partial charge in [-0.25, -0.2) is 0 Å². The van der Waals surface area contributed by atoms with Crippen LogP contribution in [0.4, 0.5) is 11.4 Å². The van der Waals surface area contributed by atoms with Crippen LogP contribution in [0.5, 0.6) is 11.5 Å². The summed E-state index contributed by atoms with van der Waals surface area (Å²) in [7, 11) is 0. The molecule has 4 saturated carbocycles. The third kappa shape index (κ3) is 7.21. The van der Waals surface area contributed by atoms with Crippen LogP contribution in [0, 0.1) is 17.8 Å². The summed E-state index contributed by atoms with van der Waals surface area (Å²) >= 11 is 0. The van der Waals surface area contributed by atoms with Crippen LogP contribution in [-0.4, -0.2) is 16.8 Å². The summed E-state index contributed by atoms with van der Waals surface area (Å²) in [6.07, 6.45) is 7.90. The van der Waals surface area contributed by atoms with Crippen molar-refractivity contribution in [3.63, 3.8) is 0 Å². The summed E-state index contributed by atoms with van der Waals surface area (Å²) < 4.78 is 10.0. The molecular formula is C70H69BN2O. The number of fused-ring (bicyclic) bond motifs is 7. The zero-order valence-electron chi connectivity index (χ0n) is 44.9. The average Bonchev–Trinajstić information content (AvgIpc) is 3.70. The van der Waals surface area contributed by atoms with E-state index >= 15 is 0 Å². The van der Waals surface area contributed by atoms with E-state index in [4.69, 9.17) is 4.74 Å². The molecule has 0 atom stereocenters. The first kappa shape index (κ1) is 45.8. The molecule has 0 saturated heterocycles. The van der Waals surface area contributed by atoms with E-state index < -0.39 is 0 Å². The first-order valence-electron chi connectivity index (χ1n) is 27.8. The lowest BCUT2D eigenvalue weighted by Gasteiger charge is -2.62. The van der Waals surface area contributed by atoms with Crippen molar-refractivity contribution in [3.05, 3.63) is 180 Å². The van der Waals surface area contributed by atoms with Gasteiger partial charge in [0.25, 0.3) is 6.71 Å². The van der Waals surface area contributed by atoms with Crippen LogP contribution in [0.1, 0.15) is 118 Å². The van der Waals surface area contributed by atoms with Crippen molar-refractivity contribution in [2.75, 3.05) is 4.90 Å². The van der Waals surface area contributed by atoms with E-state index in [1.165, 1.54) is 138 Å². The third-order valence-electron chi connectivity index (χ3n) is 18.4. The molecular weight excluding hydrogens is 896 g/mol. The van der Waals surface area contributed by atoms with Crippen molar-refractivity contribution in [2.24, 2.45) is 17.8 Å². The fourth-order valence-electron chi connectivity index (χ4n) is 15.0. The van der Waals surface area contributed by atoms with Gasteiger partial charge < -0.3 is 14.2 Å². The molecule has 4 fully saturated rings. The summed E-state index contributed by atoms with van der Waals surface area (Å²) in [6, 6.07) is 63.4. The smallest absolute Gasteiger partial charge is 0.256 e. The second kappa shape index (κ2) is 16.1. The van der Waals surface area contributed by atoms with E-state index in [1.807, 2.05) is 0 Å². The Hall–Kier alpha value is -6.78. The van der Waals surface area contributed by atoms with Crippen molar-refractivity contribution in [3.8, 4) is 50.6 Å². The van der Waals surface area contributed by atoms with E-state index in [2.05, 4.69) is 236 Å². The Kier molecular flexibility index (Phi) is 9.98. The molecule has 15 rings (SSSR count). The molecule has 8 aromatic carbocycles. The lowest BCUT2D eigenvalue weighted by molar-refractivity contribution is 0.000634. The Balaban J connectivity index is 1.05. The highest BCUT2D eigenvalue weighted by molar-refractivity contribution is 6.99. The molecule has 0 N–H and O–H groups in total. The molecule has 3 heterocycles. The molecule has 1 aromatic heterocycles. The number of hydrogen-bond acceptors (Lipinski definition) is 2. The van der Waals surface area contributed by atoms with Crippen LogP contribution in [0.15, 0.2) is 164 Å². The van der Waals surface area contributed by atoms with E-state index in [0.717, 1.165) is 34.9 Å². The van der Waals surface area contributed by atoms with Gasteiger partial charge in [0, 0.05) is 33.4 Å². The Bertz CT molecular complexity index is 3620.